The van der Waals surface area contributed by atoms with Crippen molar-refractivity contribution >= 4 is 32.6 Å². The van der Waals surface area contributed by atoms with Crippen molar-refractivity contribution < 1.29 is 18.7 Å². The molecule has 0 spiro atoms. The molecule has 0 unspecified atom stereocenters. The third kappa shape index (κ3) is 3.80. The molecule has 0 fully saturated rings. The lowest BCUT2D eigenvalue weighted by Crippen LogP contribution is -2.15. The molecule has 0 aliphatic heterocycles. The van der Waals surface area contributed by atoms with Crippen molar-refractivity contribution in [3.05, 3.63) is 48.3 Å². The number of amides is 1. The zero-order valence-corrected chi connectivity index (χ0v) is 13.7. The molecule has 1 N–H and O–H groups in total. The molecule has 1 aromatic heterocycles. The largest absolute Gasteiger partial charge is 0.494 e. The van der Waals surface area contributed by atoms with Gasteiger partial charge >= 0.3 is 0 Å². The van der Waals surface area contributed by atoms with Crippen molar-refractivity contribution in [2.75, 3.05) is 19.0 Å². The van der Waals surface area contributed by atoms with Gasteiger partial charge in [-0.05, 0) is 36.4 Å². The summed E-state index contributed by atoms with van der Waals surface area (Å²) >= 11 is 1.38. The van der Waals surface area contributed by atoms with Gasteiger partial charge in [0.2, 0.25) is 5.91 Å². The van der Waals surface area contributed by atoms with E-state index >= 15 is 0 Å². The standard InChI is InChI=1S/C17H15FN2O3S/c1-22-13-3-2-4-14-16(13)20-17(24-14)19-15(21)9-10-23-12-7-5-11(18)6-8-12/h2-8H,9-10H2,1H3,(H,19,20,21). The van der Waals surface area contributed by atoms with Gasteiger partial charge in [0.05, 0.1) is 24.8 Å². The second-order valence-corrected chi connectivity index (χ2v) is 5.96. The van der Waals surface area contributed by atoms with Crippen LogP contribution in [0.2, 0.25) is 0 Å². The smallest absolute Gasteiger partial charge is 0.229 e. The number of ether oxygens (including phenoxy) is 2. The molecule has 0 aliphatic carbocycles. The van der Waals surface area contributed by atoms with E-state index in [1.165, 1.54) is 35.6 Å². The topological polar surface area (TPSA) is 60.5 Å². The van der Waals surface area contributed by atoms with E-state index in [9.17, 15) is 9.18 Å². The number of fused-ring (bicyclic) bond motifs is 1. The van der Waals surface area contributed by atoms with Crippen molar-refractivity contribution in [1.29, 1.82) is 0 Å². The number of hydrogen-bond donors (Lipinski definition) is 1. The molecule has 1 amide bonds. The summed E-state index contributed by atoms with van der Waals surface area (Å²) in [6, 6.07) is 11.3. The first-order valence-corrected chi connectivity index (χ1v) is 8.09. The zero-order chi connectivity index (χ0) is 16.9. The Morgan fingerprint density at radius 1 is 1.25 bits per heavy atom. The second-order valence-electron chi connectivity index (χ2n) is 4.93. The van der Waals surface area contributed by atoms with Crippen LogP contribution in [0.3, 0.4) is 0 Å². The second kappa shape index (κ2) is 7.27. The Hall–Kier alpha value is -2.67. The number of rotatable bonds is 6. The number of methoxy groups -OCH3 is 1. The SMILES string of the molecule is COc1cccc2sc(NC(=O)CCOc3ccc(F)cc3)nc12. The Morgan fingerprint density at radius 2 is 2.04 bits per heavy atom. The van der Waals surface area contributed by atoms with E-state index in [0.717, 1.165) is 10.2 Å². The van der Waals surface area contributed by atoms with Gasteiger partial charge in [-0.25, -0.2) is 9.37 Å². The normalized spacial score (nSPS) is 10.6. The molecule has 1 heterocycles. The van der Waals surface area contributed by atoms with Gasteiger partial charge < -0.3 is 14.8 Å². The van der Waals surface area contributed by atoms with Crippen LogP contribution in [0.5, 0.6) is 11.5 Å². The molecular formula is C17H15FN2O3S. The first-order valence-electron chi connectivity index (χ1n) is 7.27. The molecular weight excluding hydrogens is 331 g/mol. The fraction of sp³-hybridized carbons (Fsp3) is 0.176. The minimum absolute atomic E-state index is 0.171. The predicted octanol–water partition coefficient (Wildman–Crippen LogP) is 3.85. The molecule has 124 valence electrons. The van der Waals surface area contributed by atoms with Crippen molar-refractivity contribution in [3.63, 3.8) is 0 Å². The van der Waals surface area contributed by atoms with Gasteiger partial charge in [0.25, 0.3) is 0 Å². The lowest BCUT2D eigenvalue weighted by molar-refractivity contribution is -0.116. The van der Waals surface area contributed by atoms with Gasteiger partial charge in [-0.1, -0.05) is 17.4 Å². The van der Waals surface area contributed by atoms with Crippen molar-refractivity contribution in [1.82, 2.24) is 4.98 Å². The molecule has 2 aromatic carbocycles. The Morgan fingerprint density at radius 3 is 2.79 bits per heavy atom. The van der Waals surface area contributed by atoms with E-state index in [1.54, 1.807) is 7.11 Å². The fourth-order valence-electron chi connectivity index (χ4n) is 2.12. The maximum absolute atomic E-state index is 12.8. The molecule has 3 rings (SSSR count). The van der Waals surface area contributed by atoms with E-state index in [0.29, 0.717) is 16.6 Å². The van der Waals surface area contributed by atoms with E-state index in [1.807, 2.05) is 18.2 Å². The summed E-state index contributed by atoms with van der Waals surface area (Å²) in [6.07, 6.45) is 0.171. The van der Waals surface area contributed by atoms with Crippen LogP contribution in [0.15, 0.2) is 42.5 Å². The van der Waals surface area contributed by atoms with Crippen LogP contribution in [0.25, 0.3) is 10.2 Å². The first kappa shape index (κ1) is 16.2. The summed E-state index contributed by atoms with van der Waals surface area (Å²) in [7, 11) is 1.58. The number of nitrogens with zero attached hydrogens (tertiary/aromatic N) is 1. The summed E-state index contributed by atoms with van der Waals surface area (Å²) in [5, 5.41) is 3.27. The summed E-state index contributed by atoms with van der Waals surface area (Å²) in [6.45, 7) is 0.200. The van der Waals surface area contributed by atoms with Gasteiger partial charge in [0.1, 0.15) is 22.8 Å². The monoisotopic (exact) mass is 346 g/mol. The number of anilines is 1. The maximum Gasteiger partial charge on any atom is 0.229 e. The zero-order valence-electron chi connectivity index (χ0n) is 12.9. The van der Waals surface area contributed by atoms with Crippen LogP contribution in [-0.2, 0) is 4.79 Å². The van der Waals surface area contributed by atoms with Crippen LogP contribution in [0.4, 0.5) is 9.52 Å². The predicted molar refractivity (Wildman–Crippen MR) is 91.3 cm³/mol. The molecule has 0 radical (unpaired) electrons. The van der Waals surface area contributed by atoms with Crippen LogP contribution in [0.1, 0.15) is 6.42 Å². The Balaban J connectivity index is 1.56. The summed E-state index contributed by atoms with van der Waals surface area (Å²) in [5.74, 6) is 0.666. The molecule has 24 heavy (non-hydrogen) atoms. The van der Waals surface area contributed by atoms with Gasteiger partial charge in [-0.2, -0.15) is 0 Å². The average molecular weight is 346 g/mol. The maximum atomic E-state index is 12.8. The summed E-state index contributed by atoms with van der Waals surface area (Å²) in [5.41, 5.74) is 0.725. The molecule has 5 nitrogen and oxygen atoms in total. The highest BCUT2D eigenvalue weighted by Gasteiger charge is 2.11. The third-order valence-corrected chi connectivity index (χ3v) is 4.20. The van der Waals surface area contributed by atoms with Gasteiger partial charge in [-0.3, -0.25) is 4.79 Å². The Bertz CT molecular complexity index is 849. The highest BCUT2D eigenvalue weighted by atomic mass is 32.1. The van der Waals surface area contributed by atoms with E-state index in [-0.39, 0.29) is 24.8 Å². The van der Waals surface area contributed by atoms with Crippen molar-refractivity contribution in [2.24, 2.45) is 0 Å². The fourth-order valence-corrected chi connectivity index (χ4v) is 3.02. The lowest BCUT2D eigenvalue weighted by atomic mass is 10.3. The van der Waals surface area contributed by atoms with Crippen LogP contribution in [0, 0.1) is 5.82 Å². The van der Waals surface area contributed by atoms with Gasteiger partial charge in [0.15, 0.2) is 5.13 Å². The summed E-state index contributed by atoms with van der Waals surface area (Å²) in [4.78, 5) is 16.4. The van der Waals surface area contributed by atoms with Crippen LogP contribution >= 0.6 is 11.3 Å². The number of benzene rings is 2. The van der Waals surface area contributed by atoms with Gasteiger partial charge in [-0.15, -0.1) is 0 Å². The van der Waals surface area contributed by atoms with Gasteiger partial charge in [0, 0.05) is 0 Å². The first-order chi connectivity index (χ1) is 11.7. The molecule has 3 aromatic rings. The number of para-hydroxylation sites is 1. The summed E-state index contributed by atoms with van der Waals surface area (Å²) < 4.78 is 24.4. The highest BCUT2D eigenvalue weighted by molar-refractivity contribution is 7.22. The Labute approximate surface area is 142 Å². The average Bonchev–Trinajstić information content (AvgIpc) is 2.98. The highest BCUT2D eigenvalue weighted by Crippen LogP contribution is 2.32. The number of halogens is 1. The molecule has 0 saturated heterocycles. The lowest BCUT2D eigenvalue weighted by Gasteiger charge is -2.05. The van der Waals surface area contributed by atoms with E-state index < -0.39 is 0 Å². The minimum atomic E-state index is -0.327. The number of aromatic nitrogens is 1. The molecule has 7 heteroatoms. The number of thiazole rings is 1. The van der Waals surface area contributed by atoms with Crippen molar-refractivity contribution in [2.45, 2.75) is 6.42 Å². The molecule has 0 aliphatic rings. The number of nitrogens with one attached hydrogen (secondary N) is 1. The third-order valence-electron chi connectivity index (χ3n) is 3.26. The number of carbonyl (C=O) groups is 1. The molecule has 0 atom stereocenters. The van der Waals surface area contributed by atoms with Crippen LogP contribution < -0.4 is 14.8 Å². The minimum Gasteiger partial charge on any atom is -0.494 e. The Kier molecular flexibility index (Phi) is 4.90. The van der Waals surface area contributed by atoms with E-state index in [4.69, 9.17) is 9.47 Å². The number of carbonyl (C=O) groups excluding carboxylic acids is 1. The van der Waals surface area contributed by atoms with Crippen molar-refractivity contribution in [3.8, 4) is 11.5 Å². The molecule has 0 saturated carbocycles. The quantitative estimate of drug-likeness (QED) is 0.736. The van der Waals surface area contributed by atoms with Crippen LogP contribution in [-0.4, -0.2) is 24.6 Å². The number of hydrogen-bond acceptors (Lipinski definition) is 5. The molecule has 0 bridgehead atoms. The van der Waals surface area contributed by atoms with E-state index in [2.05, 4.69) is 10.3 Å².